The Kier molecular flexibility index (Phi) is 7.29. The zero-order valence-corrected chi connectivity index (χ0v) is 28.3. The van der Waals surface area contributed by atoms with Gasteiger partial charge in [0.25, 0.3) is 0 Å². The molecule has 0 aliphatic heterocycles. The standard InChI is InChI=1S/C21H25.C10H9S.C6H10.Zr/c1-20(2,3)16-9-7-14-11-15-8-10-17(21(4,5)6)13-19(15)18(14)12-16;1-8-4-5-9(7-8)10-3-2-6-11-10;1-2-4-6-5-3-1;/h7,9-10,12-13H,11H2,1-6H3;2-3,5-8H,1H3;1-5H2;. The third-order valence-electron chi connectivity index (χ3n) is 9.15. The van der Waals surface area contributed by atoms with Gasteiger partial charge in [0, 0.05) is 0 Å². The second kappa shape index (κ2) is 10.3. The topological polar surface area (TPSA) is 0 Å². The Hall–Kier alpha value is -1.63. The second-order valence-electron chi connectivity index (χ2n) is 14.1. The summed E-state index contributed by atoms with van der Waals surface area (Å²) in [5, 5.41) is 2.23. The van der Waals surface area contributed by atoms with E-state index in [1.54, 1.807) is 14.4 Å². The van der Waals surface area contributed by atoms with Gasteiger partial charge >= 0.3 is 250 Å². The third kappa shape index (κ3) is 5.26. The quantitative estimate of drug-likeness (QED) is 0.216. The van der Waals surface area contributed by atoms with Crippen LogP contribution in [0, 0.1) is 5.92 Å². The molecule has 1 saturated carbocycles. The van der Waals surface area contributed by atoms with Crippen LogP contribution in [0.3, 0.4) is 0 Å². The first kappa shape index (κ1) is 27.5. The Labute approximate surface area is 248 Å². The molecule has 3 aliphatic carbocycles. The van der Waals surface area contributed by atoms with E-state index >= 15 is 0 Å². The number of rotatable bonds is 3. The first-order valence-electron chi connectivity index (χ1n) is 15.0. The van der Waals surface area contributed by atoms with E-state index in [1.807, 2.05) is 17.8 Å². The van der Waals surface area contributed by atoms with Gasteiger partial charge in [-0.05, 0) is 0 Å². The number of hydrogen-bond donors (Lipinski definition) is 0. The Morgan fingerprint density at radius 2 is 1.54 bits per heavy atom. The Bertz CT molecular complexity index is 1500. The van der Waals surface area contributed by atoms with Crippen LogP contribution >= 0.6 is 11.3 Å². The summed E-state index contributed by atoms with van der Waals surface area (Å²) >= 11 is -0.434. The van der Waals surface area contributed by atoms with Gasteiger partial charge in [0.1, 0.15) is 0 Å². The molecule has 6 rings (SSSR count). The van der Waals surface area contributed by atoms with Gasteiger partial charge in [-0.2, -0.15) is 0 Å². The van der Waals surface area contributed by atoms with Gasteiger partial charge in [0.05, 0.1) is 0 Å². The van der Waals surface area contributed by atoms with Crippen LogP contribution in [0.2, 0.25) is 0 Å². The van der Waals surface area contributed by atoms with E-state index in [0.29, 0.717) is 5.92 Å². The van der Waals surface area contributed by atoms with Crippen molar-refractivity contribution in [2.45, 2.75) is 97.8 Å². The molecule has 3 aliphatic rings. The van der Waals surface area contributed by atoms with E-state index in [4.69, 9.17) is 0 Å². The van der Waals surface area contributed by atoms with E-state index in [9.17, 15) is 0 Å². The molecule has 0 N–H and O–H groups in total. The van der Waals surface area contributed by atoms with Crippen molar-refractivity contribution < 1.29 is 21.3 Å². The van der Waals surface area contributed by atoms with E-state index in [1.165, 1.54) is 64.8 Å². The molecular weight excluding hydrogens is 568 g/mol. The molecule has 1 fully saturated rings. The molecule has 0 saturated heterocycles. The average molecular weight is 612 g/mol. The predicted octanol–water partition coefficient (Wildman–Crippen LogP) is 9.91. The first-order valence-corrected chi connectivity index (χ1v) is 19.6. The van der Waals surface area contributed by atoms with Gasteiger partial charge in [-0.15, -0.1) is 0 Å². The zero-order valence-electron chi connectivity index (χ0n) is 25.0. The maximum absolute atomic E-state index is 2.71. The summed E-state index contributed by atoms with van der Waals surface area (Å²) in [6, 6.07) is 17.2. The molecule has 39 heavy (non-hydrogen) atoms. The summed E-state index contributed by atoms with van der Waals surface area (Å²) in [6.07, 6.45) is 13.3. The van der Waals surface area contributed by atoms with Gasteiger partial charge in [0.15, 0.2) is 0 Å². The molecule has 3 aromatic rings. The molecule has 2 heteroatoms. The van der Waals surface area contributed by atoms with Crippen LogP contribution in [-0.2, 0) is 38.5 Å². The molecule has 0 bridgehead atoms. The fourth-order valence-electron chi connectivity index (χ4n) is 6.78. The Morgan fingerprint density at radius 1 is 0.821 bits per heavy atom. The monoisotopic (exact) mass is 610 g/mol. The van der Waals surface area contributed by atoms with Gasteiger partial charge in [-0.25, -0.2) is 0 Å². The fourth-order valence-corrected chi connectivity index (χ4v) is 16.4. The minimum atomic E-state index is -2.32. The average Bonchev–Trinajstić information content (AvgIpc) is 3.62. The molecule has 1 aromatic heterocycles. The number of hydrogen-bond acceptors (Lipinski definition) is 1. The summed E-state index contributed by atoms with van der Waals surface area (Å²) in [7, 11) is 0. The SMILES string of the molecule is CC1C=C(c2cccs2)C=[C]1[Zr](=[C]1CCCCC1)[c]1cc(C(C)(C)C)cc2c1Cc1ccc(C(C)(C)C)cc1-2. The number of fused-ring (bicyclic) bond motifs is 3. The van der Waals surface area contributed by atoms with Crippen LogP contribution in [0.4, 0.5) is 0 Å². The maximum atomic E-state index is 2.71. The molecule has 0 radical (unpaired) electrons. The zero-order chi connectivity index (χ0) is 27.5. The first-order chi connectivity index (χ1) is 18.5. The molecule has 1 unspecified atom stereocenters. The Balaban J connectivity index is 1.59. The summed E-state index contributed by atoms with van der Waals surface area (Å²) in [5.74, 6) is 0.552. The van der Waals surface area contributed by atoms with E-state index in [0.717, 1.165) is 6.42 Å². The van der Waals surface area contributed by atoms with E-state index in [2.05, 4.69) is 108 Å². The summed E-state index contributed by atoms with van der Waals surface area (Å²) in [5.41, 5.74) is 11.0. The van der Waals surface area contributed by atoms with Crippen LogP contribution in [0.5, 0.6) is 0 Å². The number of benzene rings is 2. The third-order valence-corrected chi connectivity index (χ3v) is 18.4. The van der Waals surface area contributed by atoms with Crippen molar-refractivity contribution in [3.05, 3.63) is 90.4 Å². The van der Waals surface area contributed by atoms with Gasteiger partial charge in [0.2, 0.25) is 0 Å². The number of allylic oxidation sites excluding steroid dienone is 4. The molecule has 1 heterocycles. The van der Waals surface area contributed by atoms with Gasteiger partial charge in [-0.3, -0.25) is 0 Å². The van der Waals surface area contributed by atoms with E-state index in [-0.39, 0.29) is 10.8 Å². The van der Waals surface area contributed by atoms with Crippen LogP contribution in [0.1, 0.15) is 108 Å². The summed E-state index contributed by atoms with van der Waals surface area (Å²) < 4.78 is 5.59. The number of thiophene rings is 1. The van der Waals surface area contributed by atoms with Crippen LogP contribution < -0.4 is 3.27 Å². The van der Waals surface area contributed by atoms with Gasteiger partial charge in [-0.1, -0.05) is 0 Å². The van der Waals surface area contributed by atoms with Crippen molar-refractivity contribution in [1.29, 1.82) is 0 Å². The predicted molar refractivity (Wildman–Crippen MR) is 169 cm³/mol. The van der Waals surface area contributed by atoms with Crippen molar-refractivity contribution in [1.82, 2.24) is 0 Å². The summed E-state index contributed by atoms with van der Waals surface area (Å²) in [4.78, 5) is 1.43. The molecule has 202 valence electrons. The van der Waals surface area contributed by atoms with Crippen molar-refractivity contribution in [2.75, 3.05) is 0 Å². The molecule has 0 amide bonds. The normalized spacial score (nSPS) is 19.1. The summed E-state index contributed by atoms with van der Waals surface area (Å²) in [6.45, 7) is 16.7. The van der Waals surface area contributed by atoms with Crippen LogP contribution in [0.15, 0.2) is 63.3 Å². The van der Waals surface area contributed by atoms with Crippen molar-refractivity contribution in [3.63, 3.8) is 0 Å². The van der Waals surface area contributed by atoms with Gasteiger partial charge < -0.3 is 0 Å². The Morgan fingerprint density at radius 3 is 2.21 bits per heavy atom. The second-order valence-corrected chi connectivity index (χ2v) is 21.4. The van der Waals surface area contributed by atoms with Crippen molar-refractivity contribution >= 4 is 23.4 Å². The van der Waals surface area contributed by atoms with Crippen LogP contribution in [0.25, 0.3) is 16.7 Å². The van der Waals surface area contributed by atoms with Crippen molar-refractivity contribution in [3.8, 4) is 11.1 Å². The van der Waals surface area contributed by atoms with Crippen LogP contribution in [-0.4, -0.2) is 3.21 Å². The molecule has 2 aromatic carbocycles. The minimum absolute atomic E-state index is 0.135. The van der Waals surface area contributed by atoms with E-state index < -0.39 is 21.3 Å². The molecular formula is C37H44SZr. The molecule has 1 atom stereocenters. The molecule has 0 spiro atoms. The molecule has 0 nitrogen and oxygen atoms in total. The fraction of sp³-hybridized carbons (Fsp3) is 0.432. The van der Waals surface area contributed by atoms with Crippen molar-refractivity contribution in [2.24, 2.45) is 5.92 Å².